The molecule has 1 amide bonds. The lowest BCUT2D eigenvalue weighted by Gasteiger charge is -2.23. The minimum atomic E-state index is -3.74. The van der Waals surface area contributed by atoms with Crippen LogP contribution in [0.5, 0.6) is 0 Å². The first-order valence-corrected chi connectivity index (χ1v) is 13.8. The molecule has 0 aliphatic carbocycles. The van der Waals surface area contributed by atoms with Gasteiger partial charge in [-0.15, -0.1) is 23.1 Å². The highest BCUT2D eigenvalue weighted by atomic mass is 32.2. The Balaban J connectivity index is 1.38. The van der Waals surface area contributed by atoms with E-state index in [1.807, 2.05) is 48.7 Å². The number of carbonyl (C=O) groups excluding carboxylic acids is 1. The van der Waals surface area contributed by atoms with E-state index in [4.69, 9.17) is 0 Å². The molecule has 0 saturated carbocycles. The van der Waals surface area contributed by atoms with Crippen LogP contribution in [0, 0.1) is 13.8 Å². The summed E-state index contributed by atoms with van der Waals surface area (Å²) in [5.74, 6) is 0.465. The van der Waals surface area contributed by atoms with Gasteiger partial charge in [0.25, 0.3) is 0 Å². The predicted molar refractivity (Wildman–Crippen MR) is 130 cm³/mol. The molecule has 1 fully saturated rings. The van der Waals surface area contributed by atoms with Crippen LogP contribution in [0.25, 0.3) is 10.6 Å². The van der Waals surface area contributed by atoms with Gasteiger partial charge in [-0.25, -0.2) is 13.4 Å². The predicted octanol–water partition coefficient (Wildman–Crippen LogP) is 3.85. The van der Waals surface area contributed by atoms with Gasteiger partial charge in [0.2, 0.25) is 15.9 Å². The molecule has 0 bridgehead atoms. The van der Waals surface area contributed by atoms with E-state index in [0.29, 0.717) is 24.3 Å². The van der Waals surface area contributed by atoms with Gasteiger partial charge in [-0.2, -0.15) is 4.31 Å². The van der Waals surface area contributed by atoms with Crippen LogP contribution in [0.2, 0.25) is 0 Å². The molecule has 1 atom stereocenters. The SMILES string of the molecule is Cc1ccc(S(=O)(=O)N2CSCC2C(=O)NCCc2csc(-c3ccccc3)n2)c(C)c1. The highest BCUT2D eigenvalue weighted by Gasteiger charge is 2.40. The van der Waals surface area contributed by atoms with E-state index in [2.05, 4.69) is 10.3 Å². The normalized spacial score (nSPS) is 16.9. The molecule has 6 nitrogen and oxygen atoms in total. The first kappa shape index (κ1) is 23.0. The summed E-state index contributed by atoms with van der Waals surface area (Å²) < 4.78 is 27.8. The Morgan fingerprint density at radius 3 is 2.72 bits per heavy atom. The van der Waals surface area contributed by atoms with Crippen molar-refractivity contribution in [1.82, 2.24) is 14.6 Å². The van der Waals surface area contributed by atoms with Crippen LogP contribution >= 0.6 is 23.1 Å². The lowest BCUT2D eigenvalue weighted by Crippen LogP contribution is -2.47. The molecule has 32 heavy (non-hydrogen) atoms. The van der Waals surface area contributed by atoms with Gasteiger partial charge in [-0.05, 0) is 25.5 Å². The van der Waals surface area contributed by atoms with E-state index >= 15 is 0 Å². The number of amides is 1. The fourth-order valence-corrected chi connectivity index (χ4v) is 7.87. The van der Waals surface area contributed by atoms with Crippen LogP contribution in [0.4, 0.5) is 0 Å². The van der Waals surface area contributed by atoms with Crippen LogP contribution < -0.4 is 5.32 Å². The zero-order chi connectivity index (χ0) is 22.7. The Hall–Kier alpha value is -2.20. The van der Waals surface area contributed by atoms with Gasteiger partial charge in [0.15, 0.2) is 0 Å². The summed E-state index contributed by atoms with van der Waals surface area (Å²) >= 11 is 3.03. The number of carbonyl (C=O) groups is 1. The van der Waals surface area contributed by atoms with Crippen LogP contribution in [0.1, 0.15) is 16.8 Å². The molecule has 168 valence electrons. The minimum Gasteiger partial charge on any atom is -0.354 e. The van der Waals surface area contributed by atoms with Crippen molar-refractivity contribution in [3.63, 3.8) is 0 Å². The fraction of sp³-hybridized carbons (Fsp3) is 0.304. The zero-order valence-electron chi connectivity index (χ0n) is 17.9. The summed E-state index contributed by atoms with van der Waals surface area (Å²) in [7, 11) is -3.74. The van der Waals surface area contributed by atoms with Crippen LogP contribution in [0.15, 0.2) is 58.8 Å². The van der Waals surface area contributed by atoms with Gasteiger partial charge < -0.3 is 5.32 Å². The molecule has 0 spiro atoms. The van der Waals surface area contributed by atoms with Gasteiger partial charge in [0.05, 0.1) is 16.5 Å². The number of aromatic nitrogens is 1. The number of hydrogen-bond donors (Lipinski definition) is 1. The smallest absolute Gasteiger partial charge is 0.244 e. The van der Waals surface area contributed by atoms with Gasteiger partial charge in [0.1, 0.15) is 11.0 Å². The van der Waals surface area contributed by atoms with Crippen molar-refractivity contribution in [2.24, 2.45) is 0 Å². The highest BCUT2D eigenvalue weighted by Crippen LogP contribution is 2.30. The molecule has 1 N–H and O–H groups in total. The summed E-state index contributed by atoms with van der Waals surface area (Å²) in [6, 6.07) is 14.5. The van der Waals surface area contributed by atoms with Crippen molar-refractivity contribution in [1.29, 1.82) is 0 Å². The Morgan fingerprint density at radius 1 is 1.19 bits per heavy atom. The number of rotatable bonds is 7. The highest BCUT2D eigenvalue weighted by molar-refractivity contribution is 8.00. The maximum atomic E-state index is 13.2. The lowest BCUT2D eigenvalue weighted by molar-refractivity contribution is -0.123. The topological polar surface area (TPSA) is 79.4 Å². The Kier molecular flexibility index (Phi) is 6.99. The lowest BCUT2D eigenvalue weighted by atomic mass is 10.2. The van der Waals surface area contributed by atoms with Crippen molar-refractivity contribution in [2.75, 3.05) is 18.2 Å². The molecule has 2 aromatic carbocycles. The largest absolute Gasteiger partial charge is 0.354 e. The van der Waals surface area contributed by atoms with Crippen molar-refractivity contribution >= 4 is 39.0 Å². The van der Waals surface area contributed by atoms with Crippen LogP contribution in [-0.2, 0) is 21.2 Å². The summed E-state index contributed by atoms with van der Waals surface area (Å²) in [6.45, 7) is 4.13. The standard InChI is InChI=1S/C23H25N3O3S3/c1-16-8-9-21(17(2)12-16)32(28,29)26-15-30-14-20(26)22(27)24-11-10-19-13-31-23(25-19)18-6-4-3-5-7-18/h3-9,12-13,20H,10-11,14-15H2,1-2H3,(H,24,27). The Morgan fingerprint density at radius 2 is 1.97 bits per heavy atom. The summed E-state index contributed by atoms with van der Waals surface area (Å²) in [6.07, 6.45) is 0.596. The molecule has 1 aromatic heterocycles. The molecule has 1 aliphatic rings. The molecule has 9 heteroatoms. The van der Waals surface area contributed by atoms with E-state index in [1.54, 1.807) is 30.4 Å². The molecule has 3 aromatic rings. The van der Waals surface area contributed by atoms with E-state index in [0.717, 1.165) is 21.8 Å². The summed E-state index contributed by atoms with van der Waals surface area (Å²) in [4.78, 5) is 17.7. The monoisotopic (exact) mass is 487 g/mol. The van der Waals surface area contributed by atoms with Crippen molar-refractivity contribution in [3.8, 4) is 10.6 Å². The quantitative estimate of drug-likeness (QED) is 0.548. The molecular weight excluding hydrogens is 462 g/mol. The van der Waals surface area contributed by atoms with Crippen molar-refractivity contribution in [2.45, 2.75) is 31.2 Å². The number of sulfonamides is 1. The molecule has 1 saturated heterocycles. The average molecular weight is 488 g/mol. The van der Waals surface area contributed by atoms with E-state index in [1.165, 1.54) is 16.1 Å². The third-order valence-electron chi connectivity index (χ3n) is 5.31. The molecule has 0 radical (unpaired) electrons. The van der Waals surface area contributed by atoms with E-state index < -0.39 is 16.1 Å². The number of thioether (sulfide) groups is 1. The number of nitrogens with one attached hydrogen (secondary N) is 1. The summed E-state index contributed by atoms with van der Waals surface area (Å²) in [5, 5.41) is 5.85. The Bertz CT molecular complexity index is 1210. The third kappa shape index (κ3) is 4.91. The van der Waals surface area contributed by atoms with Crippen LogP contribution in [-0.4, -0.2) is 47.8 Å². The molecule has 1 unspecified atom stereocenters. The second-order valence-electron chi connectivity index (χ2n) is 7.73. The van der Waals surface area contributed by atoms with E-state index in [9.17, 15) is 13.2 Å². The second kappa shape index (κ2) is 9.74. The molecule has 4 rings (SSSR count). The van der Waals surface area contributed by atoms with Gasteiger partial charge in [-0.1, -0.05) is 48.0 Å². The summed E-state index contributed by atoms with van der Waals surface area (Å²) in [5.41, 5.74) is 3.68. The van der Waals surface area contributed by atoms with Gasteiger partial charge in [0, 0.05) is 29.7 Å². The molecule has 2 heterocycles. The number of nitrogens with zero attached hydrogens (tertiary/aromatic N) is 2. The maximum Gasteiger partial charge on any atom is 0.244 e. The second-order valence-corrected chi connectivity index (χ2v) is 11.4. The number of benzene rings is 2. The number of thiazole rings is 1. The first-order chi connectivity index (χ1) is 15.4. The third-order valence-corrected chi connectivity index (χ3v) is 9.45. The van der Waals surface area contributed by atoms with E-state index in [-0.39, 0.29) is 16.7 Å². The maximum absolute atomic E-state index is 13.2. The Labute approximate surface area is 197 Å². The fourth-order valence-electron chi connectivity index (χ4n) is 3.65. The van der Waals surface area contributed by atoms with Crippen molar-refractivity contribution < 1.29 is 13.2 Å². The first-order valence-electron chi connectivity index (χ1n) is 10.3. The average Bonchev–Trinajstić information content (AvgIpc) is 3.44. The van der Waals surface area contributed by atoms with Crippen molar-refractivity contribution in [3.05, 3.63) is 70.7 Å². The van der Waals surface area contributed by atoms with Gasteiger partial charge >= 0.3 is 0 Å². The minimum absolute atomic E-state index is 0.262. The number of aryl methyl sites for hydroxylation is 2. The van der Waals surface area contributed by atoms with Crippen LogP contribution in [0.3, 0.4) is 0 Å². The number of hydrogen-bond acceptors (Lipinski definition) is 6. The zero-order valence-corrected chi connectivity index (χ0v) is 20.4. The van der Waals surface area contributed by atoms with Gasteiger partial charge in [-0.3, -0.25) is 4.79 Å². The molecular formula is C23H25N3O3S3. The molecule has 1 aliphatic heterocycles.